The summed E-state index contributed by atoms with van der Waals surface area (Å²) in [6.45, 7) is 2.68. The molecule has 4 nitrogen and oxygen atoms in total. The molecule has 0 radical (unpaired) electrons. The summed E-state index contributed by atoms with van der Waals surface area (Å²) in [4.78, 5) is 16.2. The Balaban J connectivity index is 1.60. The van der Waals surface area contributed by atoms with Crippen LogP contribution in [0.1, 0.15) is 0 Å². The number of benzene rings is 2. The van der Waals surface area contributed by atoms with Gasteiger partial charge in [0.15, 0.2) is 0 Å². The minimum absolute atomic E-state index is 0.214. The first-order valence-electron chi connectivity index (χ1n) is 7.45. The normalized spacial score (nSPS) is 14.7. The van der Waals surface area contributed by atoms with E-state index >= 15 is 0 Å². The van der Waals surface area contributed by atoms with Crippen LogP contribution in [0.3, 0.4) is 0 Å². The number of halogens is 2. The van der Waals surface area contributed by atoms with Gasteiger partial charge in [-0.1, -0.05) is 24.3 Å². The standard InChI is InChI=1S/C17H17BrFN3O/c18-13-5-1-4-8-16(13)21-9-11-22(12-10-21)17(23)20-15-7-3-2-6-14(15)19/h1-8H,9-12H2,(H,20,23). The van der Waals surface area contributed by atoms with Crippen molar-refractivity contribution in [3.8, 4) is 0 Å². The Morgan fingerprint density at radius 2 is 1.65 bits per heavy atom. The van der Waals surface area contributed by atoms with Crippen LogP contribution in [0.2, 0.25) is 0 Å². The summed E-state index contributed by atoms with van der Waals surface area (Å²) in [6.07, 6.45) is 0. The molecule has 1 aliphatic heterocycles. The second-order valence-electron chi connectivity index (χ2n) is 5.34. The zero-order valence-electron chi connectivity index (χ0n) is 12.5. The molecule has 0 unspecified atom stereocenters. The molecule has 0 atom stereocenters. The average Bonchev–Trinajstić information content (AvgIpc) is 2.57. The molecule has 1 saturated heterocycles. The van der Waals surface area contributed by atoms with Gasteiger partial charge in [-0.15, -0.1) is 0 Å². The zero-order valence-corrected chi connectivity index (χ0v) is 14.1. The molecule has 23 heavy (non-hydrogen) atoms. The summed E-state index contributed by atoms with van der Waals surface area (Å²) < 4.78 is 14.6. The molecular formula is C17H17BrFN3O. The highest BCUT2D eigenvalue weighted by Gasteiger charge is 2.22. The molecule has 1 N–H and O–H groups in total. The minimum atomic E-state index is -0.423. The van der Waals surface area contributed by atoms with E-state index in [1.165, 1.54) is 6.07 Å². The lowest BCUT2D eigenvalue weighted by Gasteiger charge is -2.36. The van der Waals surface area contributed by atoms with Gasteiger partial charge in [-0.3, -0.25) is 0 Å². The number of hydrogen-bond acceptors (Lipinski definition) is 2. The summed E-state index contributed by atoms with van der Waals surface area (Å²) in [5.41, 5.74) is 1.34. The van der Waals surface area contributed by atoms with Gasteiger partial charge < -0.3 is 15.1 Å². The van der Waals surface area contributed by atoms with Crippen molar-refractivity contribution in [3.05, 3.63) is 58.8 Å². The molecule has 2 aromatic carbocycles. The van der Waals surface area contributed by atoms with Gasteiger partial charge in [-0.25, -0.2) is 9.18 Å². The Morgan fingerprint density at radius 3 is 2.35 bits per heavy atom. The zero-order chi connectivity index (χ0) is 16.2. The van der Waals surface area contributed by atoms with Crippen molar-refractivity contribution in [2.24, 2.45) is 0 Å². The van der Waals surface area contributed by atoms with E-state index in [1.807, 2.05) is 18.2 Å². The maximum atomic E-state index is 13.6. The fourth-order valence-corrected chi connectivity index (χ4v) is 3.15. The molecule has 120 valence electrons. The number of para-hydroxylation sites is 2. The lowest BCUT2D eigenvalue weighted by Crippen LogP contribution is -2.50. The van der Waals surface area contributed by atoms with E-state index in [0.29, 0.717) is 13.1 Å². The highest BCUT2D eigenvalue weighted by atomic mass is 79.9. The van der Waals surface area contributed by atoms with E-state index in [2.05, 4.69) is 32.2 Å². The van der Waals surface area contributed by atoms with E-state index in [4.69, 9.17) is 0 Å². The van der Waals surface area contributed by atoms with Crippen LogP contribution in [0, 0.1) is 5.82 Å². The number of urea groups is 1. The van der Waals surface area contributed by atoms with Crippen LogP contribution in [0.25, 0.3) is 0 Å². The second-order valence-corrected chi connectivity index (χ2v) is 6.19. The lowest BCUT2D eigenvalue weighted by molar-refractivity contribution is 0.208. The smallest absolute Gasteiger partial charge is 0.322 e. The van der Waals surface area contributed by atoms with Gasteiger partial charge >= 0.3 is 6.03 Å². The van der Waals surface area contributed by atoms with Crippen molar-refractivity contribution in [3.63, 3.8) is 0 Å². The molecule has 3 rings (SSSR count). The third-order valence-corrected chi connectivity index (χ3v) is 4.55. The van der Waals surface area contributed by atoms with Gasteiger partial charge in [0.25, 0.3) is 0 Å². The van der Waals surface area contributed by atoms with Crippen LogP contribution in [0.15, 0.2) is 53.0 Å². The molecule has 6 heteroatoms. The fraction of sp³-hybridized carbons (Fsp3) is 0.235. The first-order valence-corrected chi connectivity index (χ1v) is 8.24. The molecule has 1 heterocycles. The monoisotopic (exact) mass is 377 g/mol. The van der Waals surface area contributed by atoms with Crippen LogP contribution < -0.4 is 10.2 Å². The predicted octanol–water partition coefficient (Wildman–Crippen LogP) is 3.94. The molecule has 1 aliphatic rings. The third-order valence-electron chi connectivity index (χ3n) is 3.88. The van der Waals surface area contributed by atoms with E-state index in [-0.39, 0.29) is 11.7 Å². The highest BCUT2D eigenvalue weighted by Crippen LogP contribution is 2.26. The van der Waals surface area contributed by atoms with Gasteiger partial charge in [0.05, 0.1) is 11.4 Å². The second kappa shape index (κ2) is 7.00. The summed E-state index contributed by atoms with van der Waals surface area (Å²) in [5, 5.41) is 2.63. The molecule has 0 saturated carbocycles. The molecule has 2 aromatic rings. The molecule has 1 fully saturated rings. The number of rotatable bonds is 2. The molecule has 0 aliphatic carbocycles. The van der Waals surface area contributed by atoms with Crippen LogP contribution in [-0.2, 0) is 0 Å². The number of nitrogens with one attached hydrogen (secondary N) is 1. The number of carbonyl (C=O) groups is 1. The maximum Gasteiger partial charge on any atom is 0.322 e. The van der Waals surface area contributed by atoms with Crippen LogP contribution in [0.4, 0.5) is 20.6 Å². The van der Waals surface area contributed by atoms with Crippen LogP contribution in [0.5, 0.6) is 0 Å². The van der Waals surface area contributed by atoms with Crippen molar-refractivity contribution in [1.82, 2.24) is 4.90 Å². The quantitative estimate of drug-likeness (QED) is 0.859. The summed E-state index contributed by atoms with van der Waals surface area (Å²) >= 11 is 3.55. The SMILES string of the molecule is O=C(Nc1ccccc1F)N1CCN(c2ccccc2Br)CC1. The van der Waals surface area contributed by atoms with Gasteiger partial charge in [0, 0.05) is 30.7 Å². The predicted molar refractivity (Wildman–Crippen MR) is 93.3 cm³/mol. The van der Waals surface area contributed by atoms with Crippen molar-refractivity contribution >= 4 is 33.3 Å². The van der Waals surface area contributed by atoms with Gasteiger partial charge in [-0.2, -0.15) is 0 Å². The topological polar surface area (TPSA) is 35.6 Å². The number of piperazine rings is 1. The van der Waals surface area contributed by atoms with E-state index in [1.54, 1.807) is 23.1 Å². The van der Waals surface area contributed by atoms with Crippen molar-refractivity contribution in [1.29, 1.82) is 0 Å². The Morgan fingerprint density at radius 1 is 1.00 bits per heavy atom. The Hall–Kier alpha value is -2.08. The van der Waals surface area contributed by atoms with Gasteiger partial charge in [0.2, 0.25) is 0 Å². The van der Waals surface area contributed by atoms with Gasteiger partial charge in [0.1, 0.15) is 5.82 Å². The van der Waals surface area contributed by atoms with Crippen LogP contribution in [-0.4, -0.2) is 37.1 Å². The summed E-state index contributed by atoms with van der Waals surface area (Å²) in [6, 6.07) is 14.0. The molecule has 0 bridgehead atoms. The van der Waals surface area contributed by atoms with E-state index in [9.17, 15) is 9.18 Å². The van der Waals surface area contributed by atoms with Gasteiger partial charge in [-0.05, 0) is 40.2 Å². The summed E-state index contributed by atoms with van der Waals surface area (Å²) in [5.74, 6) is -0.423. The maximum absolute atomic E-state index is 13.6. The fourth-order valence-electron chi connectivity index (χ4n) is 2.62. The van der Waals surface area contributed by atoms with E-state index < -0.39 is 5.82 Å². The Kier molecular flexibility index (Phi) is 4.81. The number of anilines is 2. The largest absolute Gasteiger partial charge is 0.367 e. The van der Waals surface area contributed by atoms with Crippen molar-refractivity contribution in [2.75, 3.05) is 36.4 Å². The first-order chi connectivity index (χ1) is 11.1. The molecule has 0 spiro atoms. The molecule has 2 amide bonds. The Labute approximate surface area is 143 Å². The summed E-state index contributed by atoms with van der Waals surface area (Å²) in [7, 11) is 0. The number of nitrogens with zero attached hydrogens (tertiary/aromatic N) is 2. The average molecular weight is 378 g/mol. The van der Waals surface area contributed by atoms with Crippen molar-refractivity contribution < 1.29 is 9.18 Å². The number of carbonyl (C=O) groups excluding carboxylic acids is 1. The van der Waals surface area contributed by atoms with Crippen LogP contribution >= 0.6 is 15.9 Å². The molecular weight excluding hydrogens is 361 g/mol. The number of amides is 2. The van der Waals surface area contributed by atoms with Crippen molar-refractivity contribution in [2.45, 2.75) is 0 Å². The lowest BCUT2D eigenvalue weighted by atomic mass is 10.2. The Bertz CT molecular complexity index is 702. The molecule has 0 aromatic heterocycles. The minimum Gasteiger partial charge on any atom is -0.367 e. The van der Waals surface area contributed by atoms with E-state index in [0.717, 1.165) is 23.2 Å². The first kappa shape index (κ1) is 15.8. The highest BCUT2D eigenvalue weighted by molar-refractivity contribution is 9.10. The third kappa shape index (κ3) is 3.64. The number of hydrogen-bond donors (Lipinski definition) is 1.